The summed E-state index contributed by atoms with van der Waals surface area (Å²) < 4.78 is 5.07. The van der Waals surface area contributed by atoms with Gasteiger partial charge in [-0.2, -0.15) is 5.26 Å². The van der Waals surface area contributed by atoms with E-state index in [2.05, 4.69) is 22.4 Å². The second kappa shape index (κ2) is 8.78. The van der Waals surface area contributed by atoms with Crippen LogP contribution in [0.25, 0.3) is 0 Å². The van der Waals surface area contributed by atoms with Crippen LogP contribution in [-0.4, -0.2) is 44.3 Å². The van der Waals surface area contributed by atoms with Crippen LogP contribution in [0, 0.1) is 11.3 Å². The minimum absolute atomic E-state index is 0.558. The molecule has 0 aromatic heterocycles. The Kier molecular flexibility index (Phi) is 6.68. The SMILES string of the molecule is COCCNCC1CCCCN1Cc1ccccc1C#N. The van der Waals surface area contributed by atoms with Gasteiger partial charge in [0.05, 0.1) is 18.2 Å². The number of methoxy groups -OCH3 is 1. The first kappa shape index (κ1) is 16.0. The fraction of sp³-hybridized carbons (Fsp3) is 0.588. The summed E-state index contributed by atoms with van der Waals surface area (Å²) in [6.07, 6.45) is 3.78. The molecule has 1 heterocycles. The summed E-state index contributed by atoms with van der Waals surface area (Å²) in [6.45, 7) is 4.65. The molecule has 1 fully saturated rings. The normalized spacial score (nSPS) is 19.3. The molecule has 2 rings (SSSR count). The molecule has 0 bridgehead atoms. The topological polar surface area (TPSA) is 48.3 Å². The molecule has 1 atom stereocenters. The number of benzene rings is 1. The van der Waals surface area contributed by atoms with Crippen LogP contribution >= 0.6 is 0 Å². The van der Waals surface area contributed by atoms with E-state index in [1.165, 1.54) is 19.3 Å². The zero-order valence-corrected chi connectivity index (χ0v) is 12.8. The highest BCUT2D eigenvalue weighted by Crippen LogP contribution is 2.20. The first-order chi connectivity index (χ1) is 10.3. The van der Waals surface area contributed by atoms with Crippen molar-refractivity contribution in [2.75, 3.05) is 33.4 Å². The molecule has 0 aliphatic carbocycles. The van der Waals surface area contributed by atoms with Gasteiger partial charge in [0, 0.05) is 32.8 Å². The number of piperidine rings is 1. The quantitative estimate of drug-likeness (QED) is 0.781. The molecule has 0 radical (unpaired) electrons. The fourth-order valence-electron chi connectivity index (χ4n) is 2.93. The van der Waals surface area contributed by atoms with Crippen molar-refractivity contribution in [3.8, 4) is 6.07 Å². The maximum atomic E-state index is 9.22. The monoisotopic (exact) mass is 287 g/mol. The first-order valence-electron chi connectivity index (χ1n) is 7.77. The molecule has 1 aromatic carbocycles. The number of rotatable bonds is 7. The van der Waals surface area contributed by atoms with E-state index < -0.39 is 0 Å². The van der Waals surface area contributed by atoms with E-state index in [0.717, 1.165) is 43.9 Å². The van der Waals surface area contributed by atoms with Crippen LogP contribution in [0.15, 0.2) is 24.3 Å². The maximum absolute atomic E-state index is 9.22. The summed E-state index contributed by atoms with van der Waals surface area (Å²) in [4.78, 5) is 2.51. The Morgan fingerprint density at radius 2 is 2.24 bits per heavy atom. The van der Waals surface area contributed by atoms with Crippen molar-refractivity contribution in [2.24, 2.45) is 0 Å². The van der Waals surface area contributed by atoms with Crippen molar-refractivity contribution in [1.29, 1.82) is 5.26 Å². The number of hydrogen-bond acceptors (Lipinski definition) is 4. The number of nitrogens with one attached hydrogen (secondary N) is 1. The van der Waals surface area contributed by atoms with E-state index in [9.17, 15) is 5.26 Å². The lowest BCUT2D eigenvalue weighted by atomic mass is 10.00. The standard InChI is InChI=1S/C17H25N3O/c1-21-11-9-19-13-17-8-4-5-10-20(17)14-16-7-3-2-6-15(16)12-18/h2-3,6-7,17,19H,4-5,8-11,13-14H2,1H3. The van der Waals surface area contributed by atoms with E-state index in [1.54, 1.807) is 7.11 Å². The van der Waals surface area contributed by atoms with Gasteiger partial charge in [0.15, 0.2) is 0 Å². The largest absolute Gasteiger partial charge is 0.383 e. The highest BCUT2D eigenvalue weighted by molar-refractivity contribution is 5.37. The van der Waals surface area contributed by atoms with Crippen molar-refractivity contribution >= 4 is 0 Å². The molecule has 1 aromatic rings. The van der Waals surface area contributed by atoms with Crippen molar-refractivity contribution < 1.29 is 4.74 Å². The Morgan fingerprint density at radius 3 is 3.05 bits per heavy atom. The Hall–Kier alpha value is -1.41. The Morgan fingerprint density at radius 1 is 1.38 bits per heavy atom. The lowest BCUT2D eigenvalue weighted by molar-refractivity contribution is 0.133. The molecule has 0 amide bonds. The van der Waals surface area contributed by atoms with E-state index in [0.29, 0.717) is 6.04 Å². The summed E-state index contributed by atoms with van der Waals surface area (Å²) in [5, 5.41) is 12.7. The van der Waals surface area contributed by atoms with E-state index in [1.807, 2.05) is 18.2 Å². The lowest BCUT2D eigenvalue weighted by Gasteiger charge is -2.36. The molecule has 0 spiro atoms. The number of likely N-dealkylation sites (tertiary alicyclic amines) is 1. The highest BCUT2D eigenvalue weighted by atomic mass is 16.5. The fourth-order valence-corrected chi connectivity index (χ4v) is 2.93. The molecule has 1 N–H and O–H groups in total. The minimum Gasteiger partial charge on any atom is -0.383 e. The van der Waals surface area contributed by atoms with Gasteiger partial charge in [-0.05, 0) is 31.0 Å². The summed E-state index contributed by atoms with van der Waals surface area (Å²) in [6, 6.07) is 10.8. The lowest BCUT2D eigenvalue weighted by Crippen LogP contribution is -2.45. The van der Waals surface area contributed by atoms with Gasteiger partial charge in [-0.1, -0.05) is 24.6 Å². The molecule has 0 saturated carbocycles. The van der Waals surface area contributed by atoms with Crippen LogP contribution < -0.4 is 5.32 Å². The van der Waals surface area contributed by atoms with Crippen LogP contribution in [0.1, 0.15) is 30.4 Å². The Balaban J connectivity index is 1.93. The predicted octanol–water partition coefficient (Wildman–Crippen LogP) is 2.15. The number of hydrogen-bond donors (Lipinski definition) is 1. The molecule has 1 unspecified atom stereocenters. The van der Waals surface area contributed by atoms with Gasteiger partial charge < -0.3 is 10.1 Å². The van der Waals surface area contributed by atoms with Gasteiger partial charge in [0.25, 0.3) is 0 Å². The van der Waals surface area contributed by atoms with Crippen molar-refractivity contribution in [3.05, 3.63) is 35.4 Å². The molecule has 114 valence electrons. The van der Waals surface area contributed by atoms with Crippen LogP contribution in [-0.2, 0) is 11.3 Å². The molecule has 4 heteroatoms. The van der Waals surface area contributed by atoms with E-state index in [4.69, 9.17) is 4.74 Å². The zero-order chi connectivity index (χ0) is 14.9. The third-order valence-electron chi connectivity index (χ3n) is 4.12. The van der Waals surface area contributed by atoms with Gasteiger partial charge in [-0.3, -0.25) is 4.90 Å². The summed E-state index contributed by atoms with van der Waals surface area (Å²) >= 11 is 0. The third kappa shape index (κ3) is 4.82. The minimum atomic E-state index is 0.558. The molecule has 1 saturated heterocycles. The van der Waals surface area contributed by atoms with Crippen LogP contribution in [0.4, 0.5) is 0 Å². The molecular formula is C17H25N3O. The smallest absolute Gasteiger partial charge is 0.0995 e. The molecular weight excluding hydrogens is 262 g/mol. The number of nitrogens with zero attached hydrogens (tertiary/aromatic N) is 2. The van der Waals surface area contributed by atoms with Gasteiger partial charge in [-0.25, -0.2) is 0 Å². The predicted molar refractivity (Wildman–Crippen MR) is 84.0 cm³/mol. The van der Waals surface area contributed by atoms with Gasteiger partial charge in [-0.15, -0.1) is 0 Å². The van der Waals surface area contributed by atoms with Crippen molar-refractivity contribution in [1.82, 2.24) is 10.2 Å². The van der Waals surface area contributed by atoms with Crippen molar-refractivity contribution in [3.63, 3.8) is 0 Å². The first-order valence-corrected chi connectivity index (χ1v) is 7.77. The Bertz CT molecular complexity index is 469. The molecule has 4 nitrogen and oxygen atoms in total. The van der Waals surface area contributed by atoms with E-state index in [-0.39, 0.29) is 0 Å². The summed E-state index contributed by atoms with van der Waals surface area (Å²) in [7, 11) is 1.73. The molecule has 1 aliphatic heterocycles. The summed E-state index contributed by atoms with van der Waals surface area (Å²) in [5.41, 5.74) is 1.94. The number of nitriles is 1. The second-order valence-electron chi connectivity index (χ2n) is 5.59. The van der Waals surface area contributed by atoms with Crippen LogP contribution in [0.5, 0.6) is 0 Å². The average molecular weight is 287 g/mol. The van der Waals surface area contributed by atoms with Crippen molar-refractivity contribution in [2.45, 2.75) is 31.8 Å². The summed E-state index contributed by atoms with van der Waals surface area (Å²) in [5.74, 6) is 0. The van der Waals surface area contributed by atoms with Gasteiger partial charge in [0.1, 0.15) is 0 Å². The Labute approximate surface area is 127 Å². The number of ether oxygens (including phenoxy) is 1. The second-order valence-corrected chi connectivity index (χ2v) is 5.59. The molecule has 1 aliphatic rings. The molecule has 21 heavy (non-hydrogen) atoms. The van der Waals surface area contributed by atoms with Gasteiger partial charge >= 0.3 is 0 Å². The zero-order valence-electron chi connectivity index (χ0n) is 12.8. The van der Waals surface area contributed by atoms with Crippen LogP contribution in [0.3, 0.4) is 0 Å². The third-order valence-corrected chi connectivity index (χ3v) is 4.12. The average Bonchev–Trinajstić information content (AvgIpc) is 2.53. The van der Waals surface area contributed by atoms with E-state index >= 15 is 0 Å². The highest BCUT2D eigenvalue weighted by Gasteiger charge is 2.22. The maximum Gasteiger partial charge on any atom is 0.0995 e. The van der Waals surface area contributed by atoms with Gasteiger partial charge in [0.2, 0.25) is 0 Å². The van der Waals surface area contributed by atoms with Crippen LogP contribution in [0.2, 0.25) is 0 Å².